The predicted octanol–water partition coefficient (Wildman–Crippen LogP) is 5.35. The quantitative estimate of drug-likeness (QED) is 0.407. The van der Waals surface area contributed by atoms with E-state index < -0.39 is 7.54 Å². The second kappa shape index (κ2) is 13.1. The Hall–Kier alpha value is -2.18. The summed E-state index contributed by atoms with van der Waals surface area (Å²) in [6.07, 6.45) is 0. The molecule has 7 heteroatoms. The van der Waals surface area contributed by atoms with Gasteiger partial charge in [0.05, 0.1) is 6.67 Å². The van der Waals surface area contributed by atoms with Crippen molar-refractivity contribution in [1.29, 1.82) is 0 Å². The van der Waals surface area contributed by atoms with Crippen molar-refractivity contribution in [2.24, 2.45) is 0 Å². The van der Waals surface area contributed by atoms with Gasteiger partial charge >= 0.3 is 7.54 Å². The smallest absolute Gasteiger partial charge is 0.762 e. The van der Waals surface area contributed by atoms with Gasteiger partial charge in [0.25, 0.3) is 0 Å². The van der Waals surface area contributed by atoms with Crippen LogP contribution < -0.4 is 14.5 Å². The molecular formula is C27H40BF4N2-. The molecule has 1 saturated heterocycles. The highest BCUT2D eigenvalue weighted by molar-refractivity contribution is 6.33. The summed E-state index contributed by atoms with van der Waals surface area (Å²) in [5, 5.41) is 0. The largest absolute Gasteiger partial charge is 1.00 e. The van der Waals surface area contributed by atoms with Crippen LogP contribution in [0.1, 0.15) is 101 Å². The van der Waals surface area contributed by atoms with Gasteiger partial charge in [-0.05, 0) is 45.9 Å². The topological polar surface area (TPSA) is 6.48 Å². The molecule has 0 amide bonds. The Morgan fingerprint density at radius 2 is 0.824 bits per heavy atom. The number of nitrogens with zero attached hydrogens (tertiary/aromatic N) is 2. The highest BCUT2D eigenvalue weighted by Crippen LogP contribution is 2.40. The molecule has 0 unspecified atom stereocenters. The lowest BCUT2D eigenvalue weighted by molar-refractivity contribution is -0.0000100. The van der Waals surface area contributed by atoms with Gasteiger partial charge in [0.1, 0.15) is 0 Å². The van der Waals surface area contributed by atoms with Gasteiger partial charge in [-0.3, -0.25) is 12.9 Å². The molecule has 0 aromatic heterocycles. The number of hydrogen-bond donors (Lipinski definition) is 0. The Bertz CT molecular complexity index is 775. The number of rotatable bonds is 6. The van der Waals surface area contributed by atoms with Gasteiger partial charge < -0.3 is 14.5 Å². The molecule has 1 aliphatic rings. The summed E-state index contributed by atoms with van der Waals surface area (Å²) in [4.78, 5) is 5.26. The first-order valence-electron chi connectivity index (χ1n) is 12.1. The molecule has 34 heavy (non-hydrogen) atoms. The Labute approximate surface area is 204 Å². The SMILES string of the molecule is CC(C)c1cccc(C(C)C)c1N1CCN(c2c(C(C)C)cccc2C(C)C)C1.FB(F)F.[F-]. The summed E-state index contributed by atoms with van der Waals surface area (Å²) in [6, 6.07) is 13.8. The van der Waals surface area contributed by atoms with Crippen molar-refractivity contribution < 1.29 is 17.7 Å². The first-order valence-corrected chi connectivity index (χ1v) is 12.1. The fourth-order valence-electron chi connectivity index (χ4n) is 4.71. The minimum Gasteiger partial charge on any atom is -1.00 e. The highest BCUT2D eigenvalue weighted by Gasteiger charge is 2.29. The average Bonchev–Trinajstić information content (AvgIpc) is 3.21. The van der Waals surface area contributed by atoms with E-state index in [9.17, 15) is 12.9 Å². The lowest BCUT2D eigenvalue weighted by Crippen LogP contribution is -3.00. The molecule has 0 aliphatic carbocycles. The number of anilines is 2. The van der Waals surface area contributed by atoms with Crippen molar-refractivity contribution in [2.75, 3.05) is 29.6 Å². The zero-order valence-electron chi connectivity index (χ0n) is 21.9. The maximum absolute atomic E-state index is 9.67. The number of halogens is 4. The van der Waals surface area contributed by atoms with Crippen molar-refractivity contribution in [3.8, 4) is 0 Å². The maximum atomic E-state index is 9.67. The number of para-hydroxylation sites is 2. The lowest BCUT2D eigenvalue weighted by Gasteiger charge is -2.31. The molecule has 0 atom stereocenters. The minimum atomic E-state index is -3.67. The van der Waals surface area contributed by atoms with Crippen molar-refractivity contribution in [1.82, 2.24) is 0 Å². The van der Waals surface area contributed by atoms with Crippen molar-refractivity contribution in [3.63, 3.8) is 0 Å². The molecule has 0 spiro atoms. The molecule has 190 valence electrons. The van der Waals surface area contributed by atoms with Crippen LogP contribution in [0.3, 0.4) is 0 Å². The third-order valence-corrected chi connectivity index (χ3v) is 6.30. The second-order valence-electron chi connectivity index (χ2n) is 10.1. The zero-order chi connectivity index (χ0) is 24.9. The summed E-state index contributed by atoms with van der Waals surface area (Å²) in [6.45, 7) is 21.7. The van der Waals surface area contributed by atoms with E-state index in [1.54, 1.807) is 0 Å². The summed E-state index contributed by atoms with van der Waals surface area (Å²) in [5.74, 6) is 2.14. The Morgan fingerprint density at radius 1 is 0.588 bits per heavy atom. The zero-order valence-corrected chi connectivity index (χ0v) is 21.9. The maximum Gasteiger partial charge on any atom is 0.762 e. The first kappa shape index (κ1) is 29.9. The molecule has 2 aromatic carbocycles. The van der Waals surface area contributed by atoms with Crippen molar-refractivity contribution in [3.05, 3.63) is 58.7 Å². The lowest BCUT2D eigenvalue weighted by atomic mass is 9.92. The minimum absolute atomic E-state index is 0. The molecule has 0 saturated carbocycles. The molecule has 1 fully saturated rings. The van der Waals surface area contributed by atoms with E-state index in [0.29, 0.717) is 23.7 Å². The van der Waals surface area contributed by atoms with Gasteiger partial charge in [-0.1, -0.05) is 91.8 Å². The summed E-state index contributed by atoms with van der Waals surface area (Å²) in [5.41, 5.74) is 8.90. The van der Waals surface area contributed by atoms with E-state index in [1.165, 1.54) is 33.6 Å². The standard InChI is InChI=1S/C27H40N2.BF3.FH/c1-18(2)22-11-9-12-23(19(3)4)26(22)28-15-16-29(17-28)27-24(20(5)6)13-10-14-25(27)21(7)8;2-1(3)4;/h9-14,18-21H,15-17H2,1-8H3;;1H/p-1. The fourth-order valence-corrected chi connectivity index (χ4v) is 4.71. The normalized spacial score (nSPS) is 13.5. The number of hydrogen-bond acceptors (Lipinski definition) is 2. The third-order valence-electron chi connectivity index (χ3n) is 6.30. The molecule has 0 radical (unpaired) electrons. The molecule has 0 N–H and O–H groups in total. The first-order chi connectivity index (χ1) is 15.5. The van der Waals surface area contributed by atoms with Crippen LogP contribution in [0.2, 0.25) is 0 Å². The molecule has 3 rings (SSSR count). The van der Waals surface area contributed by atoms with Crippen molar-refractivity contribution >= 4 is 18.9 Å². The Morgan fingerprint density at radius 3 is 1.03 bits per heavy atom. The third kappa shape index (κ3) is 7.16. The summed E-state index contributed by atoms with van der Waals surface area (Å²) in [7, 11) is -3.67. The molecule has 1 aliphatic heterocycles. The molecule has 1 heterocycles. The van der Waals surface area contributed by atoms with E-state index in [0.717, 1.165) is 19.8 Å². The van der Waals surface area contributed by atoms with Gasteiger partial charge in [0, 0.05) is 24.5 Å². The van der Waals surface area contributed by atoms with Crippen LogP contribution in [-0.2, 0) is 0 Å². The van der Waals surface area contributed by atoms with Crippen LogP contribution in [-0.4, -0.2) is 27.3 Å². The van der Waals surface area contributed by atoms with Crippen LogP contribution in [0, 0.1) is 0 Å². The second-order valence-corrected chi connectivity index (χ2v) is 10.1. The predicted molar refractivity (Wildman–Crippen MR) is 138 cm³/mol. The van der Waals surface area contributed by atoms with E-state index in [4.69, 9.17) is 0 Å². The van der Waals surface area contributed by atoms with E-state index in [2.05, 4.69) is 102 Å². The highest BCUT2D eigenvalue weighted by atomic mass is 19.4. The van der Waals surface area contributed by atoms with Crippen LogP contribution in [0.25, 0.3) is 0 Å². The van der Waals surface area contributed by atoms with Crippen LogP contribution in [0.5, 0.6) is 0 Å². The van der Waals surface area contributed by atoms with Gasteiger partial charge in [0.15, 0.2) is 0 Å². The van der Waals surface area contributed by atoms with Gasteiger partial charge in [-0.15, -0.1) is 0 Å². The van der Waals surface area contributed by atoms with Gasteiger partial charge in [-0.2, -0.15) is 0 Å². The van der Waals surface area contributed by atoms with Gasteiger partial charge in [-0.25, -0.2) is 0 Å². The van der Waals surface area contributed by atoms with Crippen LogP contribution in [0.15, 0.2) is 36.4 Å². The Kier molecular flexibility index (Phi) is 11.5. The van der Waals surface area contributed by atoms with Gasteiger partial charge in [0.2, 0.25) is 0 Å². The molecule has 0 bridgehead atoms. The number of benzene rings is 2. The van der Waals surface area contributed by atoms with Crippen LogP contribution >= 0.6 is 0 Å². The van der Waals surface area contributed by atoms with E-state index >= 15 is 0 Å². The summed E-state index contributed by atoms with van der Waals surface area (Å²) < 4.78 is 29.0. The monoisotopic (exact) mass is 479 g/mol. The Balaban J connectivity index is 0.00000107. The fraction of sp³-hybridized carbons (Fsp3) is 0.556. The molecule has 2 aromatic rings. The van der Waals surface area contributed by atoms with Crippen molar-refractivity contribution in [2.45, 2.75) is 79.1 Å². The van der Waals surface area contributed by atoms with E-state index in [-0.39, 0.29) is 4.70 Å². The molecular weight excluding hydrogens is 439 g/mol. The summed E-state index contributed by atoms with van der Waals surface area (Å²) >= 11 is 0. The molecule has 2 nitrogen and oxygen atoms in total. The average molecular weight is 479 g/mol. The van der Waals surface area contributed by atoms with Crippen LogP contribution in [0.4, 0.5) is 24.3 Å². The van der Waals surface area contributed by atoms with E-state index in [1.807, 2.05) is 0 Å².